The molecule has 2 nitrogen and oxygen atoms in total. The van der Waals surface area contributed by atoms with E-state index in [-0.39, 0.29) is 0 Å². The molecule has 0 aliphatic rings. The van der Waals surface area contributed by atoms with E-state index in [1.54, 1.807) is 24.3 Å². The van der Waals surface area contributed by atoms with Gasteiger partial charge in [0.05, 0.1) is 0 Å². The normalized spacial score (nSPS) is 10.3. The Morgan fingerprint density at radius 3 is 2.44 bits per heavy atom. The quantitative estimate of drug-likeness (QED) is 0.890. The van der Waals surface area contributed by atoms with Crippen LogP contribution in [0.2, 0.25) is 0 Å². The van der Waals surface area contributed by atoms with Crippen molar-refractivity contribution >= 4 is 5.91 Å². The molecule has 92 valence electrons. The molecule has 0 heterocycles. The predicted molar refractivity (Wildman–Crippen MR) is 64.1 cm³/mol. The summed E-state index contributed by atoms with van der Waals surface area (Å²) in [6, 6.07) is 10.5. The van der Waals surface area contributed by atoms with E-state index in [0.717, 1.165) is 12.1 Å². The van der Waals surface area contributed by atoms with Crippen LogP contribution in [-0.2, 0) is 6.42 Å². The number of hydrogen-bond acceptors (Lipinski definition) is 1. The molecule has 18 heavy (non-hydrogen) atoms. The fourth-order valence-electron chi connectivity index (χ4n) is 1.78. The molecule has 0 aliphatic carbocycles. The van der Waals surface area contributed by atoms with Crippen LogP contribution in [0.5, 0.6) is 0 Å². The maximum Gasteiger partial charge on any atom is 0.248 e. The number of carbonyl (C=O) groups is 1. The van der Waals surface area contributed by atoms with Crippen molar-refractivity contribution in [3.63, 3.8) is 0 Å². The fourth-order valence-corrected chi connectivity index (χ4v) is 1.78. The smallest absolute Gasteiger partial charge is 0.248 e. The Hall–Kier alpha value is -2.23. The highest BCUT2D eigenvalue weighted by molar-refractivity contribution is 5.94. The van der Waals surface area contributed by atoms with Crippen molar-refractivity contribution in [3.8, 4) is 0 Å². The minimum Gasteiger partial charge on any atom is -0.366 e. The van der Waals surface area contributed by atoms with Gasteiger partial charge in [-0.15, -0.1) is 0 Å². The molecule has 0 aromatic heterocycles. The van der Waals surface area contributed by atoms with Crippen LogP contribution < -0.4 is 5.73 Å². The molecule has 0 bridgehead atoms. The van der Waals surface area contributed by atoms with Crippen molar-refractivity contribution in [1.82, 2.24) is 0 Å². The minimum absolute atomic E-state index is 0.330. The molecule has 2 N–H and O–H groups in total. The molecule has 0 saturated carbocycles. The standard InChI is InChI=1S/C14H11F2NO/c15-12-6-5-9(8-13(12)16)7-10-3-1-2-4-11(10)14(17)18/h1-6,8H,7H2,(H2,17,18). The van der Waals surface area contributed by atoms with Crippen LogP contribution in [0.4, 0.5) is 8.78 Å². The number of halogens is 2. The third kappa shape index (κ3) is 2.53. The summed E-state index contributed by atoms with van der Waals surface area (Å²) in [5.41, 5.74) is 6.92. The molecule has 0 spiro atoms. The Morgan fingerprint density at radius 2 is 1.78 bits per heavy atom. The molecule has 0 fully saturated rings. The lowest BCUT2D eigenvalue weighted by Gasteiger charge is -2.07. The van der Waals surface area contributed by atoms with E-state index in [1.165, 1.54) is 6.07 Å². The minimum atomic E-state index is -0.899. The van der Waals surface area contributed by atoms with E-state index in [9.17, 15) is 13.6 Å². The van der Waals surface area contributed by atoms with E-state index in [2.05, 4.69) is 0 Å². The molecule has 0 aliphatic heterocycles. The number of benzene rings is 2. The van der Waals surface area contributed by atoms with Gasteiger partial charge < -0.3 is 5.73 Å². The molecule has 0 saturated heterocycles. The lowest BCUT2D eigenvalue weighted by molar-refractivity contribution is 0.0999. The third-order valence-corrected chi connectivity index (χ3v) is 2.66. The molecular formula is C14H11F2NO. The number of hydrogen-bond donors (Lipinski definition) is 1. The third-order valence-electron chi connectivity index (χ3n) is 2.66. The summed E-state index contributed by atoms with van der Waals surface area (Å²) in [4.78, 5) is 11.2. The van der Waals surface area contributed by atoms with Crippen LogP contribution in [0.1, 0.15) is 21.5 Å². The Kier molecular flexibility index (Phi) is 3.37. The number of carbonyl (C=O) groups excluding carboxylic acids is 1. The second kappa shape index (κ2) is 4.96. The van der Waals surface area contributed by atoms with Crippen molar-refractivity contribution in [3.05, 3.63) is 70.8 Å². The van der Waals surface area contributed by atoms with E-state index < -0.39 is 17.5 Å². The first-order valence-corrected chi connectivity index (χ1v) is 5.39. The van der Waals surface area contributed by atoms with Crippen molar-refractivity contribution in [1.29, 1.82) is 0 Å². The van der Waals surface area contributed by atoms with Gasteiger partial charge in [-0.3, -0.25) is 4.79 Å². The van der Waals surface area contributed by atoms with Gasteiger partial charge in [0.1, 0.15) is 0 Å². The Bertz CT molecular complexity index is 596. The zero-order valence-electron chi connectivity index (χ0n) is 9.49. The second-order valence-corrected chi connectivity index (χ2v) is 3.95. The summed E-state index contributed by atoms with van der Waals surface area (Å²) in [5.74, 6) is -2.32. The number of amides is 1. The molecule has 2 aromatic carbocycles. The van der Waals surface area contributed by atoms with E-state index in [1.807, 2.05) is 0 Å². The first-order valence-electron chi connectivity index (χ1n) is 5.39. The average Bonchev–Trinajstić information content (AvgIpc) is 2.34. The number of nitrogens with two attached hydrogens (primary N) is 1. The molecule has 2 rings (SSSR count). The first-order chi connectivity index (χ1) is 8.58. The monoisotopic (exact) mass is 247 g/mol. The second-order valence-electron chi connectivity index (χ2n) is 3.95. The summed E-state index contributed by atoms with van der Waals surface area (Å²) in [7, 11) is 0. The molecule has 2 aromatic rings. The zero-order valence-corrected chi connectivity index (χ0v) is 9.49. The molecule has 1 amide bonds. The topological polar surface area (TPSA) is 43.1 Å². The Balaban J connectivity index is 2.34. The molecular weight excluding hydrogens is 236 g/mol. The van der Waals surface area contributed by atoms with Gasteiger partial charge in [0.2, 0.25) is 5.91 Å². The largest absolute Gasteiger partial charge is 0.366 e. The van der Waals surface area contributed by atoms with Gasteiger partial charge in [-0.1, -0.05) is 24.3 Å². The maximum atomic E-state index is 13.1. The number of rotatable bonds is 3. The van der Waals surface area contributed by atoms with E-state index in [0.29, 0.717) is 23.1 Å². The van der Waals surface area contributed by atoms with Crippen LogP contribution in [0, 0.1) is 11.6 Å². The summed E-state index contributed by atoms with van der Waals surface area (Å²) in [6.07, 6.45) is 0.330. The van der Waals surface area contributed by atoms with Crippen molar-refractivity contribution in [2.45, 2.75) is 6.42 Å². The van der Waals surface area contributed by atoms with E-state index >= 15 is 0 Å². The highest BCUT2D eigenvalue weighted by Crippen LogP contribution is 2.16. The van der Waals surface area contributed by atoms with Gasteiger partial charge >= 0.3 is 0 Å². The molecule has 4 heteroatoms. The van der Waals surface area contributed by atoms with Crippen molar-refractivity contribution in [2.24, 2.45) is 5.73 Å². The van der Waals surface area contributed by atoms with Crippen LogP contribution >= 0.6 is 0 Å². The van der Waals surface area contributed by atoms with Crippen LogP contribution in [0.15, 0.2) is 42.5 Å². The van der Waals surface area contributed by atoms with E-state index in [4.69, 9.17) is 5.73 Å². The zero-order chi connectivity index (χ0) is 13.1. The lowest BCUT2D eigenvalue weighted by atomic mass is 9.99. The lowest BCUT2D eigenvalue weighted by Crippen LogP contribution is -2.13. The van der Waals surface area contributed by atoms with Gasteiger partial charge in [-0.25, -0.2) is 8.78 Å². The van der Waals surface area contributed by atoms with Gasteiger partial charge in [0, 0.05) is 5.56 Å². The maximum absolute atomic E-state index is 13.1. The highest BCUT2D eigenvalue weighted by atomic mass is 19.2. The Labute approximate surface area is 103 Å². The van der Waals surface area contributed by atoms with Crippen molar-refractivity contribution < 1.29 is 13.6 Å². The summed E-state index contributed by atoms with van der Waals surface area (Å²) in [6.45, 7) is 0. The van der Waals surface area contributed by atoms with Gasteiger partial charge in [-0.05, 0) is 35.7 Å². The van der Waals surface area contributed by atoms with Crippen LogP contribution in [-0.4, -0.2) is 5.91 Å². The van der Waals surface area contributed by atoms with Crippen molar-refractivity contribution in [2.75, 3.05) is 0 Å². The van der Waals surface area contributed by atoms with Crippen LogP contribution in [0.3, 0.4) is 0 Å². The average molecular weight is 247 g/mol. The fraction of sp³-hybridized carbons (Fsp3) is 0.0714. The van der Waals surface area contributed by atoms with Gasteiger partial charge in [0.25, 0.3) is 0 Å². The SMILES string of the molecule is NC(=O)c1ccccc1Cc1ccc(F)c(F)c1. The van der Waals surface area contributed by atoms with Gasteiger partial charge in [-0.2, -0.15) is 0 Å². The first kappa shape index (κ1) is 12.2. The summed E-state index contributed by atoms with van der Waals surface area (Å²) >= 11 is 0. The summed E-state index contributed by atoms with van der Waals surface area (Å²) in [5, 5.41) is 0. The predicted octanol–water partition coefficient (Wildman–Crippen LogP) is 2.65. The summed E-state index contributed by atoms with van der Waals surface area (Å²) < 4.78 is 25.9. The highest BCUT2D eigenvalue weighted by Gasteiger charge is 2.09. The van der Waals surface area contributed by atoms with Crippen LogP contribution in [0.25, 0.3) is 0 Å². The number of primary amides is 1. The van der Waals surface area contributed by atoms with Gasteiger partial charge in [0.15, 0.2) is 11.6 Å². The Morgan fingerprint density at radius 1 is 1.06 bits per heavy atom. The molecule has 0 unspecified atom stereocenters. The molecule has 0 radical (unpaired) electrons. The molecule has 0 atom stereocenters.